The fraction of sp³-hybridized carbons (Fsp3) is 0.826. The first-order chi connectivity index (χ1) is 14.1. The lowest BCUT2D eigenvalue weighted by molar-refractivity contribution is -0.292. The molecule has 1 aliphatic rings. The van der Waals surface area contributed by atoms with Gasteiger partial charge in [-0.15, -0.1) is 0 Å². The van der Waals surface area contributed by atoms with Crippen molar-refractivity contribution < 1.29 is 23.9 Å². The Bertz CT molecular complexity index is 530. The largest absolute Gasteiger partial charge is 0.461 e. The predicted octanol–water partition coefficient (Wildman–Crippen LogP) is 4.76. The zero-order valence-corrected chi connectivity index (χ0v) is 19.6. The number of piperidine rings is 1. The summed E-state index contributed by atoms with van der Waals surface area (Å²) in [6.07, 6.45) is 9.15. The number of nitrogens with one attached hydrogen (secondary N) is 1. The molecule has 1 saturated heterocycles. The summed E-state index contributed by atoms with van der Waals surface area (Å²) in [5.41, 5.74) is -0.511. The number of amides is 1. The summed E-state index contributed by atoms with van der Waals surface area (Å²) in [6.45, 7) is 15.0. The second-order valence-electron chi connectivity index (χ2n) is 9.25. The third kappa shape index (κ3) is 9.47. The van der Waals surface area contributed by atoms with Crippen LogP contribution in [0.4, 0.5) is 4.79 Å². The lowest BCUT2D eigenvalue weighted by Gasteiger charge is -2.53. The summed E-state index contributed by atoms with van der Waals surface area (Å²) in [5, 5.41) is 4.72. The number of nitrogens with zero attached hydrogens (tertiary/aromatic N) is 1. The third-order valence-electron chi connectivity index (χ3n) is 5.33. The number of hydrogen-bond donors (Lipinski definition) is 1. The molecule has 1 fully saturated rings. The SMILES string of the molecule is C=CC(=O)OCCNC(=O)OC1CC(C)(C)N(OCCCCCCCC)C(C)(C)C1. The van der Waals surface area contributed by atoms with E-state index >= 15 is 0 Å². The fourth-order valence-electron chi connectivity index (χ4n) is 4.20. The molecule has 0 aromatic rings. The first kappa shape index (κ1) is 26.4. The van der Waals surface area contributed by atoms with Gasteiger partial charge < -0.3 is 14.8 Å². The van der Waals surface area contributed by atoms with E-state index in [0.717, 1.165) is 12.5 Å². The number of carbonyl (C=O) groups excluding carboxylic acids is 2. The van der Waals surface area contributed by atoms with Crippen molar-refractivity contribution in [3.8, 4) is 0 Å². The van der Waals surface area contributed by atoms with Crippen LogP contribution in [-0.2, 0) is 19.1 Å². The topological polar surface area (TPSA) is 77.1 Å². The van der Waals surface area contributed by atoms with Crippen LogP contribution >= 0.6 is 0 Å². The van der Waals surface area contributed by atoms with E-state index < -0.39 is 12.1 Å². The van der Waals surface area contributed by atoms with Crippen LogP contribution in [0.15, 0.2) is 12.7 Å². The number of hydrogen-bond acceptors (Lipinski definition) is 6. The lowest BCUT2D eigenvalue weighted by atomic mass is 9.80. The van der Waals surface area contributed by atoms with Gasteiger partial charge in [-0.05, 0) is 34.1 Å². The Morgan fingerprint density at radius 3 is 2.23 bits per heavy atom. The summed E-state index contributed by atoms with van der Waals surface area (Å²) in [7, 11) is 0. The summed E-state index contributed by atoms with van der Waals surface area (Å²) >= 11 is 0. The van der Waals surface area contributed by atoms with E-state index in [9.17, 15) is 9.59 Å². The lowest BCUT2D eigenvalue weighted by Crippen LogP contribution is -2.62. The van der Waals surface area contributed by atoms with Gasteiger partial charge in [0.25, 0.3) is 0 Å². The van der Waals surface area contributed by atoms with Crippen LogP contribution in [0, 0.1) is 0 Å². The van der Waals surface area contributed by atoms with E-state index in [-0.39, 0.29) is 30.3 Å². The van der Waals surface area contributed by atoms with Gasteiger partial charge in [0.15, 0.2) is 0 Å². The second kappa shape index (κ2) is 13.0. The number of carbonyl (C=O) groups is 2. The Labute approximate surface area is 182 Å². The minimum Gasteiger partial charge on any atom is -0.461 e. The van der Waals surface area contributed by atoms with Gasteiger partial charge in [-0.1, -0.05) is 45.6 Å². The number of rotatable bonds is 13. The molecule has 7 heteroatoms. The number of unbranched alkanes of at least 4 members (excludes halogenated alkanes) is 5. The van der Waals surface area contributed by atoms with E-state index in [2.05, 4.69) is 51.6 Å². The van der Waals surface area contributed by atoms with Crippen molar-refractivity contribution >= 4 is 12.1 Å². The van der Waals surface area contributed by atoms with Gasteiger partial charge in [0.1, 0.15) is 12.7 Å². The Balaban J connectivity index is 2.42. The summed E-state index contributed by atoms with van der Waals surface area (Å²) < 4.78 is 10.5. The molecule has 0 bridgehead atoms. The van der Waals surface area contributed by atoms with Gasteiger partial charge >= 0.3 is 12.1 Å². The zero-order chi connectivity index (χ0) is 22.6. The highest BCUT2D eigenvalue weighted by Crippen LogP contribution is 2.39. The monoisotopic (exact) mass is 426 g/mol. The average Bonchev–Trinajstić information content (AvgIpc) is 2.65. The van der Waals surface area contributed by atoms with Crippen LogP contribution in [0.2, 0.25) is 0 Å². The van der Waals surface area contributed by atoms with E-state index in [0.29, 0.717) is 19.4 Å². The van der Waals surface area contributed by atoms with Crippen molar-refractivity contribution in [2.24, 2.45) is 0 Å². The molecule has 0 aromatic heterocycles. The van der Waals surface area contributed by atoms with Crippen LogP contribution in [0.3, 0.4) is 0 Å². The van der Waals surface area contributed by atoms with Gasteiger partial charge in [-0.25, -0.2) is 9.59 Å². The van der Waals surface area contributed by atoms with Crippen LogP contribution in [0.5, 0.6) is 0 Å². The molecule has 0 atom stereocenters. The maximum Gasteiger partial charge on any atom is 0.407 e. The number of esters is 1. The first-order valence-electron chi connectivity index (χ1n) is 11.3. The van der Waals surface area contributed by atoms with Crippen molar-refractivity contribution in [3.63, 3.8) is 0 Å². The van der Waals surface area contributed by atoms with Crippen LogP contribution < -0.4 is 5.32 Å². The molecule has 0 aromatic carbocycles. The maximum atomic E-state index is 12.1. The number of ether oxygens (including phenoxy) is 2. The zero-order valence-electron chi connectivity index (χ0n) is 19.6. The molecule has 7 nitrogen and oxygen atoms in total. The van der Waals surface area contributed by atoms with Crippen LogP contribution in [0.25, 0.3) is 0 Å². The van der Waals surface area contributed by atoms with Gasteiger partial charge in [-0.3, -0.25) is 4.84 Å². The Morgan fingerprint density at radius 1 is 1.03 bits per heavy atom. The molecular formula is C23H42N2O5. The quantitative estimate of drug-likeness (QED) is 0.260. The fourth-order valence-corrected chi connectivity index (χ4v) is 4.20. The molecule has 0 radical (unpaired) electrons. The summed E-state index contributed by atoms with van der Waals surface area (Å²) in [5.74, 6) is -0.512. The van der Waals surface area contributed by atoms with Crippen molar-refractivity contribution in [2.45, 2.75) is 103 Å². The highest BCUT2D eigenvalue weighted by molar-refractivity contribution is 5.81. The van der Waals surface area contributed by atoms with Crippen LogP contribution in [0.1, 0.15) is 86.0 Å². The van der Waals surface area contributed by atoms with E-state index in [1.54, 1.807) is 0 Å². The van der Waals surface area contributed by atoms with Gasteiger partial charge in [-0.2, -0.15) is 5.06 Å². The number of alkyl carbamates (subject to hydrolysis) is 1. The molecule has 0 aliphatic carbocycles. The normalized spacial score (nSPS) is 18.6. The van der Waals surface area contributed by atoms with Gasteiger partial charge in [0, 0.05) is 30.0 Å². The van der Waals surface area contributed by atoms with E-state index in [4.69, 9.17) is 14.3 Å². The van der Waals surface area contributed by atoms with Crippen molar-refractivity contribution in [2.75, 3.05) is 19.8 Å². The van der Waals surface area contributed by atoms with Crippen molar-refractivity contribution in [1.29, 1.82) is 0 Å². The molecule has 174 valence electrons. The minimum atomic E-state index is -0.512. The smallest absolute Gasteiger partial charge is 0.407 e. The second-order valence-corrected chi connectivity index (χ2v) is 9.25. The molecule has 1 N–H and O–H groups in total. The van der Waals surface area contributed by atoms with Gasteiger partial charge in [0.05, 0.1) is 13.2 Å². The maximum absolute atomic E-state index is 12.1. The molecule has 30 heavy (non-hydrogen) atoms. The molecule has 1 amide bonds. The summed E-state index contributed by atoms with van der Waals surface area (Å²) in [4.78, 5) is 29.3. The average molecular weight is 427 g/mol. The predicted molar refractivity (Wildman–Crippen MR) is 118 cm³/mol. The van der Waals surface area contributed by atoms with Crippen molar-refractivity contribution in [3.05, 3.63) is 12.7 Å². The Morgan fingerprint density at radius 2 is 1.63 bits per heavy atom. The number of hydroxylamine groups is 2. The molecule has 1 rings (SSSR count). The van der Waals surface area contributed by atoms with E-state index in [1.807, 2.05) is 0 Å². The molecule has 0 spiro atoms. The van der Waals surface area contributed by atoms with Gasteiger partial charge in [0.2, 0.25) is 0 Å². The molecular weight excluding hydrogens is 384 g/mol. The first-order valence-corrected chi connectivity index (χ1v) is 11.3. The molecule has 0 unspecified atom stereocenters. The highest BCUT2D eigenvalue weighted by Gasteiger charge is 2.47. The molecule has 0 saturated carbocycles. The Kier molecular flexibility index (Phi) is 11.4. The van der Waals surface area contributed by atoms with E-state index in [1.165, 1.54) is 32.1 Å². The van der Waals surface area contributed by atoms with Crippen LogP contribution in [-0.4, -0.2) is 54.1 Å². The highest BCUT2D eigenvalue weighted by atomic mass is 16.7. The standard InChI is InChI=1S/C23H42N2O5/c1-7-9-10-11-12-13-15-29-25-22(3,4)17-19(18-23(25,5)6)30-21(27)24-14-16-28-20(26)8-2/h8,19H,2,7,9-18H2,1,3-6H3,(H,24,27). The molecule has 1 heterocycles. The summed E-state index contributed by atoms with van der Waals surface area (Å²) in [6, 6.07) is 0. The third-order valence-corrected chi connectivity index (χ3v) is 5.33. The minimum absolute atomic E-state index is 0.0850. The molecule has 1 aliphatic heterocycles. The Hall–Kier alpha value is -1.60. The van der Waals surface area contributed by atoms with Crippen molar-refractivity contribution in [1.82, 2.24) is 10.4 Å².